The van der Waals surface area contributed by atoms with E-state index >= 15 is 0 Å². The number of rotatable bonds is 0. The van der Waals surface area contributed by atoms with E-state index in [2.05, 4.69) is 6.92 Å². The first-order valence-corrected chi connectivity index (χ1v) is 2.80. The zero-order chi connectivity index (χ0) is 6.57. The first-order valence-electron chi connectivity index (χ1n) is 2.80. The van der Waals surface area contributed by atoms with Crippen LogP contribution in [0.2, 0.25) is 0 Å². The third kappa shape index (κ3) is 29.4. The van der Waals surface area contributed by atoms with Gasteiger partial charge in [0, 0.05) is 5.97 Å². The second kappa shape index (κ2) is 6.59. The van der Waals surface area contributed by atoms with Gasteiger partial charge in [0.1, 0.15) is 0 Å². The molecule has 0 aromatic rings. The monoisotopic (exact) mass is 138 g/mol. The predicted octanol–water partition coefficient (Wildman–Crippen LogP) is -2.82. The summed E-state index contributed by atoms with van der Waals surface area (Å²) in [5.74, 6) is 0. The van der Waals surface area contributed by atoms with Crippen LogP contribution in [0.1, 0.15) is 26.7 Å². The Balaban J connectivity index is 0. The number of aliphatic carboxylic acids is 1. The van der Waals surface area contributed by atoms with Crippen molar-refractivity contribution in [3.05, 3.63) is 0 Å². The van der Waals surface area contributed by atoms with Crippen molar-refractivity contribution in [2.75, 3.05) is 0 Å². The summed E-state index contributed by atoms with van der Waals surface area (Å²) in [5, 5.41) is 8.89. The zero-order valence-electron chi connectivity index (χ0n) is 6.31. The molecular formula is C6H11NaO2. The molecule has 0 unspecified atom stereocenters. The van der Waals surface area contributed by atoms with Crippen molar-refractivity contribution in [2.45, 2.75) is 26.7 Å². The van der Waals surface area contributed by atoms with Crippen LogP contribution in [0.4, 0.5) is 0 Å². The quantitative estimate of drug-likeness (QED) is 0.339. The molecular weight excluding hydrogens is 127 g/mol. The minimum Gasteiger partial charge on any atom is -0.550 e. The molecule has 0 amide bonds. The van der Waals surface area contributed by atoms with E-state index in [1.54, 1.807) is 0 Å². The third-order valence-electron chi connectivity index (χ3n) is 0.866. The van der Waals surface area contributed by atoms with Gasteiger partial charge in [-0.2, -0.15) is 0 Å². The number of carboxylic acids is 1. The van der Waals surface area contributed by atoms with E-state index in [4.69, 9.17) is 9.90 Å². The van der Waals surface area contributed by atoms with Gasteiger partial charge in [-0.25, -0.2) is 0 Å². The van der Waals surface area contributed by atoms with Crippen LogP contribution in [-0.2, 0) is 4.79 Å². The molecule has 0 aliphatic heterocycles. The number of carbonyl (C=O) groups is 1. The van der Waals surface area contributed by atoms with Crippen LogP contribution in [0.15, 0.2) is 0 Å². The smallest absolute Gasteiger partial charge is 0.550 e. The van der Waals surface area contributed by atoms with E-state index in [0.29, 0.717) is 0 Å². The number of carbonyl (C=O) groups excluding carboxylic acids is 1. The SMILES string of the molecule is CC(=O)[O-].CC1CC1.[Na+]. The Kier molecular flexibility index (Phi) is 8.91. The van der Waals surface area contributed by atoms with Crippen LogP contribution in [0.25, 0.3) is 0 Å². The molecule has 2 nitrogen and oxygen atoms in total. The van der Waals surface area contributed by atoms with Crippen LogP contribution in [0.5, 0.6) is 0 Å². The van der Waals surface area contributed by atoms with E-state index < -0.39 is 5.97 Å². The van der Waals surface area contributed by atoms with Gasteiger partial charge in [-0.3, -0.25) is 0 Å². The Labute approximate surface area is 77.9 Å². The Morgan fingerprint density at radius 3 is 1.67 bits per heavy atom. The van der Waals surface area contributed by atoms with Crippen molar-refractivity contribution in [3.63, 3.8) is 0 Å². The van der Waals surface area contributed by atoms with E-state index in [0.717, 1.165) is 12.8 Å². The second-order valence-electron chi connectivity index (χ2n) is 2.17. The Hall–Kier alpha value is 0.470. The standard InChI is InChI=1S/C4H8.C2H4O2.Na/c1-4-2-3-4;1-2(3)4;/h4H,2-3H2,1H3;1H3,(H,3,4);/q;;+1/p-1. The molecule has 1 aliphatic carbocycles. The summed E-state index contributed by atoms with van der Waals surface area (Å²) in [6.07, 6.45) is 2.97. The first kappa shape index (κ1) is 12.2. The first-order chi connectivity index (χ1) is 3.63. The largest absolute Gasteiger partial charge is 1.00 e. The molecule has 0 aromatic heterocycles. The van der Waals surface area contributed by atoms with Crippen LogP contribution >= 0.6 is 0 Å². The minimum absolute atomic E-state index is 0. The van der Waals surface area contributed by atoms with Crippen molar-refractivity contribution < 1.29 is 39.5 Å². The maximum absolute atomic E-state index is 8.89. The second-order valence-corrected chi connectivity index (χ2v) is 2.17. The van der Waals surface area contributed by atoms with Crippen LogP contribution in [0.3, 0.4) is 0 Å². The summed E-state index contributed by atoms with van der Waals surface area (Å²) in [6.45, 7) is 3.25. The van der Waals surface area contributed by atoms with Gasteiger partial charge in [0.05, 0.1) is 0 Å². The van der Waals surface area contributed by atoms with Gasteiger partial charge in [0.25, 0.3) is 0 Å². The summed E-state index contributed by atoms with van der Waals surface area (Å²) in [7, 11) is 0. The van der Waals surface area contributed by atoms with Crippen molar-refractivity contribution in [3.8, 4) is 0 Å². The molecule has 0 heterocycles. The van der Waals surface area contributed by atoms with Crippen LogP contribution in [-0.4, -0.2) is 5.97 Å². The minimum atomic E-state index is -1.08. The molecule has 0 N–H and O–H groups in total. The summed E-state index contributed by atoms with van der Waals surface area (Å²) < 4.78 is 0. The molecule has 0 bridgehead atoms. The number of hydrogen-bond donors (Lipinski definition) is 0. The van der Waals surface area contributed by atoms with Gasteiger partial charge in [0.2, 0.25) is 0 Å². The fourth-order valence-electron chi connectivity index (χ4n) is 0.167. The molecule has 48 valence electrons. The van der Waals surface area contributed by atoms with Crippen LogP contribution in [0, 0.1) is 5.92 Å². The van der Waals surface area contributed by atoms with Crippen molar-refractivity contribution >= 4 is 5.97 Å². The molecule has 1 rings (SSSR count). The van der Waals surface area contributed by atoms with Gasteiger partial charge in [-0.15, -0.1) is 0 Å². The maximum atomic E-state index is 8.89. The third-order valence-corrected chi connectivity index (χ3v) is 0.866. The van der Waals surface area contributed by atoms with Crippen molar-refractivity contribution in [2.24, 2.45) is 5.92 Å². The number of hydrogen-bond acceptors (Lipinski definition) is 2. The van der Waals surface area contributed by atoms with E-state index in [1.807, 2.05) is 0 Å². The maximum Gasteiger partial charge on any atom is 1.00 e. The van der Waals surface area contributed by atoms with Crippen LogP contribution < -0.4 is 34.7 Å². The number of carboxylic acid groups (broad SMARTS) is 1. The fraction of sp³-hybridized carbons (Fsp3) is 0.833. The molecule has 3 heteroatoms. The van der Waals surface area contributed by atoms with Gasteiger partial charge < -0.3 is 9.90 Å². The predicted molar refractivity (Wildman–Crippen MR) is 29.1 cm³/mol. The topological polar surface area (TPSA) is 40.1 Å². The summed E-state index contributed by atoms with van der Waals surface area (Å²) >= 11 is 0. The molecule has 1 saturated carbocycles. The molecule has 0 saturated heterocycles. The molecule has 0 aromatic carbocycles. The van der Waals surface area contributed by atoms with Crippen molar-refractivity contribution in [1.82, 2.24) is 0 Å². The van der Waals surface area contributed by atoms with E-state index in [9.17, 15) is 0 Å². The zero-order valence-corrected chi connectivity index (χ0v) is 8.31. The van der Waals surface area contributed by atoms with Gasteiger partial charge >= 0.3 is 29.6 Å². The molecule has 0 spiro atoms. The Morgan fingerprint density at radius 1 is 1.56 bits per heavy atom. The molecule has 1 aliphatic rings. The van der Waals surface area contributed by atoms with Gasteiger partial charge in [0.15, 0.2) is 0 Å². The van der Waals surface area contributed by atoms with Gasteiger partial charge in [-0.05, 0) is 12.8 Å². The average molecular weight is 138 g/mol. The summed E-state index contributed by atoms with van der Waals surface area (Å²) in [5.41, 5.74) is 0. The molecule has 9 heavy (non-hydrogen) atoms. The van der Waals surface area contributed by atoms with E-state index in [-0.39, 0.29) is 29.6 Å². The van der Waals surface area contributed by atoms with E-state index in [1.165, 1.54) is 12.8 Å². The summed E-state index contributed by atoms with van der Waals surface area (Å²) in [4.78, 5) is 8.89. The average Bonchev–Trinajstić information content (AvgIpc) is 2.19. The Bertz CT molecular complexity index is 75.1. The van der Waals surface area contributed by atoms with Gasteiger partial charge in [-0.1, -0.05) is 19.8 Å². The van der Waals surface area contributed by atoms with Crippen molar-refractivity contribution in [1.29, 1.82) is 0 Å². The fourth-order valence-corrected chi connectivity index (χ4v) is 0.167. The molecule has 0 atom stereocenters. The summed E-state index contributed by atoms with van der Waals surface area (Å²) in [6, 6.07) is 0. The molecule has 0 radical (unpaired) electrons. The normalized spacial score (nSPS) is 14.4. The Morgan fingerprint density at radius 2 is 1.67 bits per heavy atom. The molecule has 1 fully saturated rings.